The number of hydrogen-bond donors (Lipinski definition) is 1. The predicted octanol–water partition coefficient (Wildman–Crippen LogP) is 1.60. The minimum absolute atomic E-state index is 0.138. The quantitative estimate of drug-likeness (QED) is 0.786. The fraction of sp³-hybridized carbons (Fsp3) is 0.667. The summed E-state index contributed by atoms with van der Waals surface area (Å²) in [5, 5.41) is 0. The molecule has 0 amide bonds. The Morgan fingerprint density at radius 2 is 2.25 bits per heavy atom. The number of aryl methyl sites for hydroxylation is 1. The summed E-state index contributed by atoms with van der Waals surface area (Å²) in [6.45, 7) is 3.24. The monoisotopic (exact) mass is 221 g/mol. The Kier molecular flexibility index (Phi) is 3.10. The van der Waals surface area contributed by atoms with Crippen LogP contribution in [-0.4, -0.2) is 21.9 Å². The summed E-state index contributed by atoms with van der Waals surface area (Å²) >= 11 is 0. The van der Waals surface area contributed by atoms with Crippen molar-refractivity contribution in [2.75, 3.05) is 6.54 Å². The van der Waals surface area contributed by atoms with Crippen LogP contribution in [0.1, 0.15) is 43.2 Å². The van der Waals surface area contributed by atoms with E-state index in [1.54, 1.807) is 6.20 Å². The molecule has 1 aromatic rings. The van der Waals surface area contributed by atoms with E-state index < -0.39 is 0 Å². The number of nitrogens with zero attached hydrogens (tertiary/aromatic N) is 2. The van der Waals surface area contributed by atoms with Crippen molar-refractivity contribution in [2.24, 2.45) is 11.1 Å². The number of nitrogens with two attached hydrogens (primary N) is 1. The molecule has 1 aliphatic rings. The maximum Gasteiger partial charge on any atom is 0.205 e. The van der Waals surface area contributed by atoms with Crippen LogP contribution in [0, 0.1) is 5.41 Å². The van der Waals surface area contributed by atoms with Crippen LogP contribution < -0.4 is 5.73 Å². The molecule has 0 unspecified atom stereocenters. The number of carbonyl (C=O) groups excluding carboxylic acids is 1. The fourth-order valence-corrected chi connectivity index (χ4v) is 2.59. The first-order chi connectivity index (χ1) is 7.73. The van der Waals surface area contributed by atoms with Crippen LogP contribution in [0.5, 0.6) is 0 Å². The molecule has 1 saturated carbocycles. The second kappa shape index (κ2) is 4.37. The van der Waals surface area contributed by atoms with Gasteiger partial charge in [-0.05, 0) is 19.8 Å². The molecule has 0 aliphatic heterocycles. The van der Waals surface area contributed by atoms with Gasteiger partial charge in [0.25, 0.3) is 0 Å². The summed E-state index contributed by atoms with van der Waals surface area (Å²) in [4.78, 5) is 16.7. The molecule has 2 N–H and O–H groups in total. The van der Waals surface area contributed by atoms with Gasteiger partial charge in [-0.25, -0.2) is 4.98 Å². The molecule has 4 nitrogen and oxygen atoms in total. The third-order valence-electron chi connectivity index (χ3n) is 3.69. The van der Waals surface area contributed by atoms with Crippen molar-refractivity contribution >= 4 is 5.78 Å². The van der Waals surface area contributed by atoms with Gasteiger partial charge in [-0.2, -0.15) is 0 Å². The van der Waals surface area contributed by atoms with Crippen LogP contribution in [0.4, 0.5) is 0 Å². The second-order valence-electron chi connectivity index (χ2n) is 4.56. The fourth-order valence-electron chi connectivity index (χ4n) is 2.59. The van der Waals surface area contributed by atoms with E-state index in [4.69, 9.17) is 5.73 Å². The SMILES string of the molecule is CCn1ccnc1C(=O)C1(CN)CCCC1. The number of hydrogen-bond acceptors (Lipinski definition) is 3. The van der Waals surface area contributed by atoms with Crippen LogP contribution in [0.3, 0.4) is 0 Å². The summed E-state index contributed by atoms with van der Waals surface area (Å²) in [7, 11) is 0. The molecule has 0 bridgehead atoms. The van der Waals surface area contributed by atoms with Crippen LogP contribution in [0.2, 0.25) is 0 Å². The number of imidazole rings is 1. The predicted molar refractivity (Wildman–Crippen MR) is 62.2 cm³/mol. The lowest BCUT2D eigenvalue weighted by atomic mass is 9.81. The van der Waals surface area contributed by atoms with Crippen molar-refractivity contribution in [3.8, 4) is 0 Å². The van der Waals surface area contributed by atoms with E-state index in [-0.39, 0.29) is 11.2 Å². The molecule has 0 saturated heterocycles. The Hall–Kier alpha value is -1.16. The standard InChI is InChI=1S/C12H19N3O/c1-2-15-8-7-14-11(15)10(16)12(9-13)5-3-4-6-12/h7-8H,2-6,9,13H2,1H3. The van der Waals surface area contributed by atoms with E-state index >= 15 is 0 Å². The van der Waals surface area contributed by atoms with Crippen molar-refractivity contribution in [1.29, 1.82) is 0 Å². The molecule has 1 heterocycles. The Balaban J connectivity index is 2.30. The topological polar surface area (TPSA) is 60.9 Å². The second-order valence-corrected chi connectivity index (χ2v) is 4.56. The van der Waals surface area contributed by atoms with E-state index in [2.05, 4.69) is 4.98 Å². The number of aromatic nitrogens is 2. The minimum atomic E-state index is -0.335. The van der Waals surface area contributed by atoms with Crippen molar-refractivity contribution in [3.05, 3.63) is 18.2 Å². The van der Waals surface area contributed by atoms with Gasteiger partial charge in [0.05, 0.1) is 0 Å². The zero-order valence-corrected chi connectivity index (χ0v) is 9.78. The molecule has 16 heavy (non-hydrogen) atoms. The molecule has 2 rings (SSSR count). The molecule has 1 fully saturated rings. The van der Waals surface area contributed by atoms with E-state index in [0.29, 0.717) is 12.4 Å². The van der Waals surface area contributed by atoms with Crippen molar-refractivity contribution < 1.29 is 4.79 Å². The van der Waals surface area contributed by atoms with Crippen LogP contribution in [0.25, 0.3) is 0 Å². The third kappa shape index (κ3) is 1.67. The molecular weight excluding hydrogens is 202 g/mol. The Morgan fingerprint density at radius 3 is 2.81 bits per heavy atom. The van der Waals surface area contributed by atoms with Crippen LogP contribution >= 0.6 is 0 Å². The van der Waals surface area contributed by atoms with Gasteiger partial charge >= 0.3 is 0 Å². The van der Waals surface area contributed by atoms with Gasteiger partial charge in [0.1, 0.15) is 0 Å². The van der Waals surface area contributed by atoms with Crippen LogP contribution in [-0.2, 0) is 6.54 Å². The summed E-state index contributed by atoms with van der Waals surface area (Å²) in [5.41, 5.74) is 5.47. The first-order valence-electron chi connectivity index (χ1n) is 5.99. The third-order valence-corrected chi connectivity index (χ3v) is 3.69. The maximum atomic E-state index is 12.5. The van der Waals surface area contributed by atoms with E-state index in [1.807, 2.05) is 17.7 Å². The highest BCUT2D eigenvalue weighted by Crippen LogP contribution is 2.39. The smallest absolute Gasteiger partial charge is 0.205 e. The summed E-state index contributed by atoms with van der Waals surface area (Å²) < 4.78 is 1.90. The minimum Gasteiger partial charge on any atom is -0.329 e. The van der Waals surface area contributed by atoms with Crippen LogP contribution in [0.15, 0.2) is 12.4 Å². The van der Waals surface area contributed by atoms with Gasteiger partial charge in [-0.3, -0.25) is 4.79 Å². The first-order valence-corrected chi connectivity index (χ1v) is 5.99. The maximum absolute atomic E-state index is 12.5. The highest BCUT2D eigenvalue weighted by Gasteiger charge is 2.41. The zero-order chi connectivity index (χ0) is 11.6. The Bertz CT molecular complexity index is 377. The molecule has 0 atom stereocenters. The largest absolute Gasteiger partial charge is 0.329 e. The molecule has 0 spiro atoms. The average Bonchev–Trinajstić information content (AvgIpc) is 2.97. The van der Waals surface area contributed by atoms with Gasteiger partial charge in [0.2, 0.25) is 5.78 Å². The molecular formula is C12H19N3O. The van der Waals surface area contributed by atoms with E-state index in [9.17, 15) is 4.79 Å². The molecule has 0 aromatic carbocycles. The number of carbonyl (C=O) groups is 1. The molecule has 0 radical (unpaired) electrons. The van der Waals surface area contributed by atoms with Gasteiger partial charge in [-0.15, -0.1) is 0 Å². The molecule has 88 valence electrons. The summed E-state index contributed by atoms with van der Waals surface area (Å²) in [5.74, 6) is 0.717. The first kappa shape index (κ1) is 11.3. The summed E-state index contributed by atoms with van der Waals surface area (Å²) in [6, 6.07) is 0. The number of ketones is 1. The number of Topliss-reactive ketones (excluding diaryl/α,β-unsaturated/α-hetero) is 1. The van der Waals surface area contributed by atoms with E-state index in [0.717, 1.165) is 32.2 Å². The van der Waals surface area contributed by atoms with E-state index in [1.165, 1.54) is 0 Å². The number of rotatable bonds is 4. The molecule has 1 aromatic heterocycles. The van der Waals surface area contributed by atoms with Gasteiger partial charge < -0.3 is 10.3 Å². The van der Waals surface area contributed by atoms with Gasteiger partial charge in [0, 0.05) is 30.9 Å². The molecule has 1 aliphatic carbocycles. The van der Waals surface area contributed by atoms with Crippen molar-refractivity contribution in [2.45, 2.75) is 39.2 Å². The van der Waals surface area contributed by atoms with Gasteiger partial charge in [-0.1, -0.05) is 12.8 Å². The van der Waals surface area contributed by atoms with Crippen molar-refractivity contribution in [1.82, 2.24) is 9.55 Å². The lowest BCUT2D eigenvalue weighted by Gasteiger charge is -2.24. The highest BCUT2D eigenvalue weighted by atomic mass is 16.1. The normalized spacial score (nSPS) is 18.9. The van der Waals surface area contributed by atoms with Gasteiger partial charge in [0.15, 0.2) is 5.82 Å². The Morgan fingerprint density at radius 1 is 1.56 bits per heavy atom. The average molecular weight is 221 g/mol. The molecule has 4 heteroatoms. The zero-order valence-electron chi connectivity index (χ0n) is 9.78. The lowest BCUT2D eigenvalue weighted by molar-refractivity contribution is 0.0793. The summed E-state index contributed by atoms with van der Waals surface area (Å²) in [6.07, 6.45) is 7.59. The Labute approximate surface area is 95.9 Å². The van der Waals surface area contributed by atoms with Crippen molar-refractivity contribution in [3.63, 3.8) is 0 Å². The lowest BCUT2D eigenvalue weighted by Crippen LogP contribution is -2.37. The highest BCUT2D eigenvalue weighted by molar-refractivity contribution is 5.98.